The van der Waals surface area contributed by atoms with E-state index >= 15 is 0 Å². The number of anilines is 1. The number of hydrogen-bond donors (Lipinski definition) is 1. The van der Waals surface area contributed by atoms with Crippen molar-refractivity contribution in [2.24, 2.45) is 0 Å². The molecule has 2 rings (SSSR count). The number of carbonyl (C=O) groups excluding carboxylic acids is 2. The lowest BCUT2D eigenvalue weighted by Gasteiger charge is -2.16. The molecule has 0 unspecified atom stereocenters. The van der Waals surface area contributed by atoms with Crippen molar-refractivity contribution in [1.82, 2.24) is 4.90 Å². The summed E-state index contributed by atoms with van der Waals surface area (Å²) in [7, 11) is 1.58. The van der Waals surface area contributed by atoms with Crippen molar-refractivity contribution in [2.75, 3.05) is 44.5 Å². The molecule has 1 aliphatic rings. The number of nitrogens with zero attached hydrogens (tertiary/aromatic N) is 1. The van der Waals surface area contributed by atoms with Gasteiger partial charge in [-0.1, -0.05) is 29.4 Å². The molecule has 0 aromatic heterocycles. The summed E-state index contributed by atoms with van der Waals surface area (Å²) in [6, 6.07) is 5.16. The molecule has 1 aliphatic heterocycles. The lowest BCUT2D eigenvalue weighted by Crippen LogP contribution is -2.27. The Hall–Kier alpha value is -1.44. The smallest absolute Gasteiger partial charge is 0.281 e. The predicted molar refractivity (Wildman–Crippen MR) is 91.5 cm³/mol. The van der Waals surface area contributed by atoms with Gasteiger partial charge < -0.3 is 19.7 Å². The quantitative estimate of drug-likeness (QED) is 0.724. The number of rotatable bonds is 8. The number of methoxy groups -OCH3 is 1. The summed E-state index contributed by atoms with van der Waals surface area (Å²) in [6.45, 7) is 1.87. The number of benzene rings is 1. The van der Waals surface area contributed by atoms with Gasteiger partial charge in [0.15, 0.2) is 5.75 Å². The number of nitrogens with one attached hydrogen (secondary N) is 1. The standard InChI is InChI=1S/C15H19ClN2O4S/c1-21-8-9-22-14-11(16)3-2-4-12(14)17-13(19)5-6-18-7-10-23-15(18)20/h2-4H,5-10H2,1H3,(H,17,19). The van der Waals surface area contributed by atoms with Crippen molar-refractivity contribution in [1.29, 1.82) is 0 Å². The molecule has 0 bridgehead atoms. The molecule has 1 saturated heterocycles. The molecule has 23 heavy (non-hydrogen) atoms. The maximum absolute atomic E-state index is 12.1. The fraction of sp³-hybridized carbons (Fsp3) is 0.467. The lowest BCUT2D eigenvalue weighted by molar-refractivity contribution is -0.116. The van der Waals surface area contributed by atoms with Crippen LogP contribution in [0.15, 0.2) is 18.2 Å². The highest BCUT2D eigenvalue weighted by atomic mass is 35.5. The first-order valence-corrected chi connectivity index (χ1v) is 8.60. The van der Waals surface area contributed by atoms with Crippen LogP contribution in [0.25, 0.3) is 0 Å². The molecular weight excluding hydrogens is 340 g/mol. The molecule has 8 heteroatoms. The monoisotopic (exact) mass is 358 g/mol. The number of amides is 2. The van der Waals surface area contributed by atoms with Gasteiger partial charge in [0.1, 0.15) is 6.61 Å². The van der Waals surface area contributed by atoms with Gasteiger partial charge in [0, 0.05) is 32.4 Å². The average molecular weight is 359 g/mol. The molecular formula is C15H19ClN2O4S. The predicted octanol–water partition coefficient (Wildman–Crippen LogP) is 2.86. The van der Waals surface area contributed by atoms with E-state index in [1.165, 1.54) is 11.8 Å². The fourth-order valence-electron chi connectivity index (χ4n) is 2.06. The summed E-state index contributed by atoms with van der Waals surface area (Å²) in [5, 5.41) is 3.24. The van der Waals surface area contributed by atoms with Crippen LogP contribution in [-0.2, 0) is 9.53 Å². The molecule has 1 fully saturated rings. The van der Waals surface area contributed by atoms with Gasteiger partial charge in [0.25, 0.3) is 5.24 Å². The highest BCUT2D eigenvalue weighted by Crippen LogP contribution is 2.33. The van der Waals surface area contributed by atoms with Gasteiger partial charge >= 0.3 is 0 Å². The molecule has 0 atom stereocenters. The lowest BCUT2D eigenvalue weighted by atomic mass is 10.2. The van der Waals surface area contributed by atoms with Crippen molar-refractivity contribution in [3.05, 3.63) is 23.2 Å². The van der Waals surface area contributed by atoms with Gasteiger partial charge in [-0.3, -0.25) is 9.59 Å². The Bertz CT molecular complexity index is 570. The zero-order chi connectivity index (χ0) is 16.7. The molecule has 1 aromatic carbocycles. The van der Waals surface area contributed by atoms with E-state index in [2.05, 4.69) is 5.32 Å². The fourth-order valence-corrected chi connectivity index (χ4v) is 3.14. The first kappa shape index (κ1) is 17.9. The Morgan fingerprint density at radius 2 is 2.26 bits per heavy atom. The number of thioether (sulfide) groups is 1. The Morgan fingerprint density at radius 3 is 2.96 bits per heavy atom. The third kappa shape index (κ3) is 5.30. The summed E-state index contributed by atoms with van der Waals surface area (Å²) in [5.74, 6) is 1.02. The van der Waals surface area contributed by atoms with E-state index in [1.54, 1.807) is 30.2 Å². The van der Waals surface area contributed by atoms with Crippen LogP contribution in [0.5, 0.6) is 5.75 Å². The van der Waals surface area contributed by atoms with Gasteiger partial charge in [-0.25, -0.2) is 0 Å². The topological polar surface area (TPSA) is 67.9 Å². The van der Waals surface area contributed by atoms with Crippen molar-refractivity contribution < 1.29 is 19.1 Å². The molecule has 0 spiro atoms. The van der Waals surface area contributed by atoms with Gasteiger partial charge in [0.05, 0.1) is 17.3 Å². The van der Waals surface area contributed by atoms with Crippen LogP contribution in [0, 0.1) is 0 Å². The summed E-state index contributed by atoms with van der Waals surface area (Å²) in [4.78, 5) is 25.3. The van der Waals surface area contributed by atoms with Crippen LogP contribution in [0.1, 0.15) is 6.42 Å². The van der Waals surface area contributed by atoms with E-state index in [-0.39, 0.29) is 17.6 Å². The van der Waals surface area contributed by atoms with E-state index in [0.29, 0.717) is 42.8 Å². The second-order valence-electron chi connectivity index (χ2n) is 4.86. The van der Waals surface area contributed by atoms with Gasteiger partial charge in [-0.15, -0.1) is 0 Å². The molecule has 2 amide bonds. The maximum atomic E-state index is 12.1. The van der Waals surface area contributed by atoms with Crippen molar-refractivity contribution in [3.8, 4) is 5.75 Å². The highest BCUT2D eigenvalue weighted by Gasteiger charge is 2.21. The van der Waals surface area contributed by atoms with Crippen molar-refractivity contribution in [2.45, 2.75) is 6.42 Å². The SMILES string of the molecule is COCCOc1c(Cl)cccc1NC(=O)CCN1CCSC1=O. The highest BCUT2D eigenvalue weighted by molar-refractivity contribution is 8.13. The maximum Gasteiger partial charge on any atom is 0.281 e. The molecule has 0 radical (unpaired) electrons. The summed E-state index contributed by atoms with van der Waals surface area (Å²) >= 11 is 7.40. The molecule has 0 saturated carbocycles. The number of ether oxygens (including phenoxy) is 2. The van der Waals surface area contributed by atoms with Gasteiger partial charge in [0.2, 0.25) is 5.91 Å². The minimum absolute atomic E-state index is 0.0316. The summed E-state index contributed by atoms with van der Waals surface area (Å²) < 4.78 is 10.5. The Kier molecular flexibility index (Phi) is 7.01. The zero-order valence-corrected chi connectivity index (χ0v) is 14.4. The van der Waals surface area contributed by atoms with E-state index < -0.39 is 0 Å². The minimum Gasteiger partial charge on any atom is -0.487 e. The molecule has 6 nitrogen and oxygen atoms in total. The minimum atomic E-state index is -0.187. The van der Waals surface area contributed by atoms with Crippen LogP contribution < -0.4 is 10.1 Å². The second-order valence-corrected chi connectivity index (χ2v) is 6.31. The molecule has 0 aliphatic carbocycles. The zero-order valence-electron chi connectivity index (χ0n) is 12.8. The van der Waals surface area contributed by atoms with Crippen molar-refractivity contribution in [3.63, 3.8) is 0 Å². The van der Waals surface area contributed by atoms with E-state index in [4.69, 9.17) is 21.1 Å². The van der Waals surface area contributed by atoms with Crippen LogP contribution >= 0.6 is 23.4 Å². The van der Waals surface area contributed by atoms with E-state index in [1.807, 2.05) is 0 Å². The van der Waals surface area contributed by atoms with E-state index in [0.717, 1.165) is 5.75 Å². The van der Waals surface area contributed by atoms with Gasteiger partial charge in [-0.2, -0.15) is 0 Å². The van der Waals surface area contributed by atoms with Crippen molar-refractivity contribution >= 4 is 40.2 Å². The molecule has 1 heterocycles. The Labute approximate surface area is 144 Å². The number of para-hydroxylation sites is 1. The normalized spacial score (nSPS) is 14.2. The largest absolute Gasteiger partial charge is 0.487 e. The van der Waals surface area contributed by atoms with Crippen LogP contribution in [0.2, 0.25) is 5.02 Å². The number of hydrogen-bond acceptors (Lipinski definition) is 5. The molecule has 126 valence electrons. The second kappa shape index (κ2) is 9.00. The van der Waals surface area contributed by atoms with Crippen LogP contribution in [-0.4, -0.2) is 55.2 Å². The molecule has 1 N–H and O–H groups in total. The first-order valence-electron chi connectivity index (χ1n) is 7.23. The summed E-state index contributed by atoms with van der Waals surface area (Å²) in [5.41, 5.74) is 0.515. The summed E-state index contributed by atoms with van der Waals surface area (Å²) in [6.07, 6.45) is 0.232. The third-order valence-electron chi connectivity index (χ3n) is 3.23. The van der Waals surface area contributed by atoms with Crippen LogP contribution in [0.4, 0.5) is 10.5 Å². The molecule has 1 aromatic rings. The first-order chi connectivity index (χ1) is 11.1. The average Bonchev–Trinajstić information content (AvgIpc) is 2.93. The third-order valence-corrected chi connectivity index (χ3v) is 4.42. The van der Waals surface area contributed by atoms with E-state index in [9.17, 15) is 9.59 Å². The van der Waals surface area contributed by atoms with Gasteiger partial charge in [-0.05, 0) is 12.1 Å². The number of halogens is 1. The van der Waals surface area contributed by atoms with Crippen LogP contribution in [0.3, 0.4) is 0 Å². The Morgan fingerprint density at radius 1 is 1.43 bits per heavy atom. The Balaban J connectivity index is 1.91. The number of carbonyl (C=O) groups is 2.